The Labute approximate surface area is 122 Å². The Morgan fingerprint density at radius 1 is 1.55 bits per heavy atom. The van der Waals surface area contributed by atoms with Gasteiger partial charge in [0.25, 0.3) is 5.91 Å². The highest BCUT2D eigenvalue weighted by molar-refractivity contribution is 6.30. The second-order valence-corrected chi connectivity index (χ2v) is 4.77. The molecular weight excluding hydrogens is 278 g/mol. The highest BCUT2D eigenvalue weighted by Gasteiger charge is 2.17. The van der Waals surface area contributed by atoms with Gasteiger partial charge in [0.1, 0.15) is 11.6 Å². The average Bonchev–Trinajstić information content (AvgIpc) is 2.85. The number of aromatic amines is 1. The van der Waals surface area contributed by atoms with E-state index in [0.717, 1.165) is 12.0 Å². The fraction of sp³-hybridized carbons (Fsp3) is 0.286. The van der Waals surface area contributed by atoms with E-state index in [-0.39, 0.29) is 5.91 Å². The number of H-pyrrole nitrogens is 1. The van der Waals surface area contributed by atoms with E-state index in [1.807, 2.05) is 6.92 Å². The molecule has 0 saturated carbocycles. The van der Waals surface area contributed by atoms with Gasteiger partial charge in [-0.25, -0.2) is 0 Å². The van der Waals surface area contributed by atoms with Crippen LogP contribution in [0.4, 0.5) is 5.82 Å². The number of ether oxygens (including phenoxy) is 1. The van der Waals surface area contributed by atoms with Gasteiger partial charge in [-0.15, -0.1) is 0 Å². The van der Waals surface area contributed by atoms with E-state index in [2.05, 4.69) is 15.5 Å². The standard InChI is InChI=1S/C14H16ClN3O2/c1-3-10-8-16-18-13(10)17-14(19)9(2)20-12-6-4-5-11(15)7-12/h4-9H,3H2,1-2H3,(H2,16,17,18,19). The number of carbonyl (C=O) groups is 1. The van der Waals surface area contributed by atoms with Crippen molar-refractivity contribution in [2.45, 2.75) is 26.4 Å². The Morgan fingerprint density at radius 3 is 3.05 bits per heavy atom. The molecule has 1 aromatic carbocycles. The van der Waals surface area contributed by atoms with Crippen LogP contribution >= 0.6 is 11.6 Å². The largest absolute Gasteiger partial charge is 0.481 e. The molecule has 106 valence electrons. The molecule has 1 heterocycles. The molecule has 0 spiro atoms. The summed E-state index contributed by atoms with van der Waals surface area (Å²) in [5.74, 6) is 0.920. The van der Waals surface area contributed by atoms with Crippen LogP contribution in [0, 0.1) is 0 Å². The monoisotopic (exact) mass is 293 g/mol. The molecule has 0 radical (unpaired) electrons. The van der Waals surface area contributed by atoms with Crippen LogP contribution in [0.5, 0.6) is 5.75 Å². The fourth-order valence-electron chi connectivity index (χ4n) is 1.71. The van der Waals surface area contributed by atoms with Crippen LogP contribution in [0.1, 0.15) is 19.4 Å². The average molecular weight is 294 g/mol. The van der Waals surface area contributed by atoms with Gasteiger partial charge in [0, 0.05) is 10.6 Å². The molecule has 0 aliphatic heterocycles. The Bertz CT molecular complexity index is 598. The molecule has 0 bridgehead atoms. The van der Waals surface area contributed by atoms with Crippen LogP contribution in [0.25, 0.3) is 0 Å². The van der Waals surface area contributed by atoms with Gasteiger partial charge in [0.2, 0.25) is 0 Å². The predicted octanol–water partition coefficient (Wildman–Crippen LogP) is 3.03. The van der Waals surface area contributed by atoms with Crippen molar-refractivity contribution < 1.29 is 9.53 Å². The third kappa shape index (κ3) is 3.51. The number of aryl methyl sites for hydroxylation is 1. The zero-order valence-electron chi connectivity index (χ0n) is 11.3. The number of halogens is 1. The summed E-state index contributed by atoms with van der Waals surface area (Å²) in [7, 11) is 0. The van der Waals surface area contributed by atoms with E-state index >= 15 is 0 Å². The normalized spacial score (nSPS) is 11.9. The number of nitrogens with zero attached hydrogens (tertiary/aromatic N) is 1. The van der Waals surface area contributed by atoms with E-state index in [0.29, 0.717) is 16.6 Å². The van der Waals surface area contributed by atoms with Crippen LogP contribution in [0.3, 0.4) is 0 Å². The van der Waals surface area contributed by atoms with Gasteiger partial charge < -0.3 is 10.1 Å². The summed E-state index contributed by atoms with van der Waals surface area (Å²) in [5.41, 5.74) is 0.952. The highest BCUT2D eigenvalue weighted by atomic mass is 35.5. The van der Waals surface area contributed by atoms with Crippen molar-refractivity contribution in [1.29, 1.82) is 0 Å². The maximum atomic E-state index is 12.1. The molecule has 0 fully saturated rings. The minimum Gasteiger partial charge on any atom is -0.481 e. The van der Waals surface area contributed by atoms with Crippen molar-refractivity contribution in [3.63, 3.8) is 0 Å². The molecule has 2 N–H and O–H groups in total. The number of nitrogens with one attached hydrogen (secondary N) is 2. The number of hydrogen-bond donors (Lipinski definition) is 2. The summed E-state index contributed by atoms with van der Waals surface area (Å²) in [5, 5.41) is 9.99. The Kier molecular flexibility index (Phi) is 4.63. The minimum absolute atomic E-state index is 0.246. The third-order valence-electron chi connectivity index (χ3n) is 2.83. The minimum atomic E-state index is -0.638. The molecule has 0 aliphatic carbocycles. The van der Waals surface area contributed by atoms with Crippen LogP contribution in [-0.4, -0.2) is 22.2 Å². The van der Waals surface area contributed by atoms with Gasteiger partial charge in [-0.2, -0.15) is 5.10 Å². The van der Waals surface area contributed by atoms with E-state index < -0.39 is 6.10 Å². The van der Waals surface area contributed by atoms with Crippen LogP contribution in [0.2, 0.25) is 5.02 Å². The van der Waals surface area contributed by atoms with Crippen molar-refractivity contribution in [2.24, 2.45) is 0 Å². The number of anilines is 1. The van der Waals surface area contributed by atoms with Gasteiger partial charge in [0.05, 0.1) is 6.20 Å². The number of hydrogen-bond acceptors (Lipinski definition) is 3. The van der Waals surface area contributed by atoms with E-state index in [9.17, 15) is 4.79 Å². The summed E-state index contributed by atoms with van der Waals surface area (Å²) >= 11 is 5.87. The van der Waals surface area contributed by atoms with Gasteiger partial charge in [-0.1, -0.05) is 24.6 Å². The van der Waals surface area contributed by atoms with E-state index in [4.69, 9.17) is 16.3 Å². The van der Waals surface area contributed by atoms with E-state index in [1.54, 1.807) is 37.4 Å². The zero-order chi connectivity index (χ0) is 14.5. The first-order valence-corrected chi connectivity index (χ1v) is 6.73. The number of benzene rings is 1. The molecule has 0 aliphatic rings. The molecule has 2 rings (SSSR count). The molecule has 6 heteroatoms. The lowest BCUT2D eigenvalue weighted by atomic mass is 10.2. The summed E-state index contributed by atoms with van der Waals surface area (Å²) < 4.78 is 5.55. The SMILES string of the molecule is CCc1cn[nH]c1NC(=O)C(C)Oc1cccc(Cl)c1. The van der Waals surface area contributed by atoms with Crippen molar-refractivity contribution in [1.82, 2.24) is 10.2 Å². The third-order valence-corrected chi connectivity index (χ3v) is 3.06. The molecule has 5 nitrogen and oxygen atoms in total. The smallest absolute Gasteiger partial charge is 0.266 e. The maximum Gasteiger partial charge on any atom is 0.266 e. The molecule has 1 amide bonds. The van der Waals surface area contributed by atoms with Crippen LogP contribution in [0.15, 0.2) is 30.5 Å². The number of aromatic nitrogens is 2. The van der Waals surface area contributed by atoms with Gasteiger partial charge in [-0.05, 0) is 31.5 Å². The Balaban J connectivity index is 1.99. The topological polar surface area (TPSA) is 67.0 Å². The zero-order valence-corrected chi connectivity index (χ0v) is 12.1. The fourth-order valence-corrected chi connectivity index (χ4v) is 1.89. The summed E-state index contributed by atoms with van der Waals surface area (Å²) in [6.45, 7) is 3.67. The van der Waals surface area contributed by atoms with Crippen LogP contribution < -0.4 is 10.1 Å². The van der Waals surface area contributed by atoms with Crippen molar-refractivity contribution in [2.75, 3.05) is 5.32 Å². The second kappa shape index (κ2) is 6.43. The van der Waals surface area contributed by atoms with Crippen LogP contribution in [-0.2, 0) is 11.2 Å². The predicted molar refractivity (Wildman–Crippen MR) is 78.1 cm³/mol. The lowest BCUT2D eigenvalue weighted by Crippen LogP contribution is -2.30. The van der Waals surface area contributed by atoms with Gasteiger partial charge in [-0.3, -0.25) is 9.89 Å². The quantitative estimate of drug-likeness (QED) is 0.890. The highest BCUT2D eigenvalue weighted by Crippen LogP contribution is 2.19. The van der Waals surface area contributed by atoms with Crippen molar-refractivity contribution in [3.05, 3.63) is 41.0 Å². The first-order valence-electron chi connectivity index (χ1n) is 6.35. The molecule has 2 aromatic rings. The van der Waals surface area contributed by atoms with Gasteiger partial charge in [0.15, 0.2) is 6.10 Å². The number of carbonyl (C=O) groups excluding carboxylic acids is 1. The number of rotatable bonds is 5. The summed E-state index contributed by atoms with van der Waals surface area (Å²) in [4.78, 5) is 12.1. The summed E-state index contributed by atoms with van der Waals surface area (Å²) in [6.07, 6.45) is 1.84. The molecular formula is C14H16ClN3O2. The Hall–Kier alpha value is -2.01. The summed E-state index contributed by atoms with van der Waals surface area (Å²) in [6, 6.07) is 6.94. The van der Waals surface area contributed by atoms with Gasteiger partial charge >= 0.3 is 0 Å². The lowest BCUT2D eigenvalue weighted by molar-refractivity contribution is -0.122. The maximum absolute atomic E-state index is 12.1. The molecule has 20 heavy (non-hydrogen) atoms. The molecule has 1 unspecified atom stereocenters. The molecule has 0 saturated heterocycles. The number of amides is 1. The Morgan fingerprint density at radius 2 is 2.35 bits per heavy atom. The first kappa shape index (κ1) is 14.4. The van der Waals surface area contributed by atoms with E-state index in [1.165, 1.54) is 0 Å². The van der Waals surface area contributed by atoms with Crippen molar-refractivity contribution in [3.8, 4) is 5.75 Å². The first-order chi connectivity index (χ1) is 9.60. The lowest BCUT2D eigenvalue weighted by Gasteiger charge is -2.14. The second-order valence-electron chi connectivity index (χ2n) is 4.33. The molecule has 1 atom stereocenters. The van der Waals surface area contributed by atoms with Crippen molar-refractivity contribution >= 4 is 23.3 Å². The molecule has 1 aromatic heterocycles.